The minimum absolute atomic E-state index is 0.214. The summed E-state index contributed by atoms with van der Waals surface area (Å²) in [5.74, 6) is 0.502. The lowest BCUT2D eigenvalue weighted by molar-refractivity contribution is -0.136. The van der Waals surface area contributed by atoms with Gasteiger partial charge in [-0.2, -0.15) is 0 Å². The molecule has 1 heterocycles. The van der Waals surface area contributed by atoms with Crippen LogP contribution in [0, 0.1) is 5.92 Å². The molecule has 1 amide bonds. The summed E-state index contributed by atoms with van der Waals surface area (Å²) >= 11 is 0. The standard InChI is InChI=1S/C9H15NO/c1-3-5-8-6-4-7-10(2)9(8)11/h3,8H,1,4-7H2,2H3. The first-order valence-electron chi connectivity index (χ1n) is 4.11. The number of rotatable bonds is 2. The molecule has 2 heteroatoms. The van der Waals surface area contributed by atoms with Gasteiger partial charge >= 0.3 is 0 Å². The van der Waals surface area contributed by atoms with E-state index in [0.717, 1.165) is 25.8 Å². The Kier molecular flexibility index (Phi) is 2.69. The third-order valence-corrected chi connectivity index (χ3v) is 2.22. The molecule has 0 aromatic heterocycles. The Bertz CT molecular complexity index is 165. The van der Waals surface area contributed by atoms with Crippen LogP contribution in [0.25, 0.3) is 0 Å². The quantitative estimate of drug-likeness (QED) is 0.549. The van der Waals surface area contributed by atoms with Crippen LogP contribution in [0.4, 0.5) is 0 Å². The van der Waals surface area contributed by atoms with Crippen LogP contribution in [0.3, 0.4) is 0 Å². The monoisotopic (exact) mass is 153 g/mol. The number of hydrogen-bond acceptors (Lipinski definition) is 1. The first kappa shape index (κ1) is 8.31. The minimum atomic E-state index is 0.214. The van der Waals surface area contributed by atoms with E-state index in [4.69, 9.17) is 0 Å². The molecule has 1 aliphatic rings. The molecule has 1 saturated heterocycles. The summed E-state index contributed by atoms with van der Waals surface area (Å²) in [7, 11) is 1.87. The zero-order valence-corrected chi connectivity index (χ0v) is 7.05. The predicted molar refractivity (Wildman–Crippen MR) is 45.2 cm³/mol. The maximum atomic E-state index is 11.4. The molecule has 1 unspecified atom stereocenters. The second-order valence-corrected chi connectivity index (χ2v) is 3.12. The van der Waals surface area contributed by atoms with Crippen LogP contribution in [-0.2, 0) is 4.79 Å². The Balaban J connectivity index is 2.51. The molecule has 0 spiro atoms. The molecule has 0 aliphatic carbocycles. The number of carbonyl (C=O) groups is 1. The van der Waals surface area contributed by atoms with Crippen molar-refractivity contribution in [2.24, 2.45) is 5.92 Å². The molecule has 1 rings (SSSR count). The van der Waals surface area contributed by atoms with E-state index >= 15 is 0 Å². The molecule has 0 saturated carbocycles. The number of allylic oxidation sites excluding steroid dienone is 1. The molecule has 1 fully saturated rings. The molecule has 62 valence electrons. The fraction of sp³-hybridized carbons (Fsp3) is 0.667. The van der Waals surface area contributed by atoms with E-state index in [2.05, 4.69) is 6.58 Å². The average molecular weight is 153 g/mol. The Hall–Kier alpha value is -0.790. The van der Waals surface area contributed by atoms with E-state index in [-0.39, 0.29) is 11.8 Å². The number of nitrogens with zero attached hydrogens (tertiary/aromatic N) is 1. The minimum Gasteiger partial charge on any atom is -0.346 e. The number of carbonyl (C=O) groups excluding carboxylic acids is 1. The predicted octanol–water partition coefficient (Wildman–Crippen LogP) is 1.43. The fourth-order valence-corrected chi connectivity index (χ4v) is 1.54. The maximum absolute atomic E-state index is 11.4. The number of likely N-dealkylation sites (tertiary alicyclic amines) is 1. The first-order valence-corrected chi connectivity index (χ1v) is 4.11. The van der Waals surface area contributed by atoms with Crippen molar-refractivity contribution in [2.45, 2.75) is 19.3 Å². The number of piperidine rings is 1. The van der Waals surface area contributed by atoms with Gasteiger partial charge in [-0.1, -0.05) is 6.08 Å². The van der Waals surface area contributed by atoms with E-state index in [0.29, 0.717) is 0 Å². The van der Waals surface area contributed by atoms with Crippen molar-refractivity contribution in [2.75, 3.05) is 13.6 Å². The van der Waals surface area contributed by atoms with Gasteiger partial charge in [0.05, 0.1) is 0 Å². The van der Waals surface area contributed by atoms with E-state index in [1.165, 1.54) is 0 Å². The van der Waals surface area contributed by atoms with Crippen molar-refractivity contribution in [3.05, 3.63) is 12.7 Å². The van der Waals surface area contributed by atoms with Crippen molar-refractivity contribution >= 4 is 5.91 Å². The van der Waals surface area contributed by atoms with Crippen LogP contribution < -0.4 is 0 Å². The third kappa shape index (κ3) is 1.82. The van der Waals surface area contributed by atoms with Crippen LogP contribution in [0.5, 0.6) is 0 Å². The Morgan fingerprint density at radius 2 is 2.55 bits per heavy atom. The first-order chi connectivity index (χ1) is 5.25. The molecular weight excluding hydrogens is 138 g/mol. The summed E-state index contributed by atoms with van der Waals surface area (Å²) in [4.78, 5) is 13.2. The Morgan fingerprint density at radius 3 is 3.18 bits per heavy atom. The molecule has 0 aromatic carbocycles. The molecule has 1 atom stereocenters. The second kappa shape index (κ2) is 3.56. The summed E-state index contributed by atoms with van der Waals surface area (Å²) in [6.07, 6.45) is 4.85. The normalized spacial score (nSPS) is 25.4. The fourth-order valence-electron chi connectivity index (χ4n) is 1.54. The smallest absolute Gasteiger partial charge is 0.225 e. The summed E-state index contributed by atoms with van der Waals surface area (Å²) in [5.41, 5.74) is 0. The van der Waals surface area contributed by atoms with Gasteiger partial charge in [0.1, 0.15) is 0 Å². The second-order valence-electron chi connectivity index (χ2n) is 3.12. The van der Waals surface area contributed by atoms with Crippen LogP contribution in [0.15, 0.2) is 12.7 Å². The van der Waals surface area contributed by atoms with Crippen molar-refractivity contribution in [1.82, 2.24) is 4.90 Å². The van der Waals surface area contributed by atoms with Gasteiger partial charge in [-0.3, -0.25) is 4.79 Å². The van der Waals surface area contributed by atoms with Gasteiger partial charge in [0.15, 0.2) is 0 Å². The lowest BCUT2D eigenvalue weighted by Gasteiger charge is -2.28. The van der Waals surface area contributed by atoms with Gasteiger partial charge in [0, 0.05) is 19.5 Å². The van der Waals surface area contributed by atoms with Crippen LogP contribution in [0.2, 0.25) is 0 Å². The van der Waals surface area contributed by atoms with E-state index < -0.39 is 0 Å². The lowest BCUT2D eigenvalue weighted by atomic mass is 9.94. The van der Waals surface area contributed by atoms with E-state index in [1.807, 2.05) is 18.0 Å². The molecule has 0 N–H and O–H groups in total. The highest BCUT2D eigenvalue weighted by Gasteiger charge is 2.24. The largest absolute Gasteiger partial charge is 0.346 e. The molecule has 0 aromatic rings. The highest BCUT2D eigenvalue weighted by atomic mass is 16.2. The summed E-state index contributed by atoms with van der Waals surface area (Å²) in [5, 5.41) is 0. The highest BCUT2D eigenvalue weighted by Crippen LogP contribution is 2.19. The van der Waals surface area contributed by atoms with Crippen molar-refractivity contribution in [3.8, 4) is 0 Å². The number of hydrogen-bond donors (Lipinski definition) is 0. The van der Waals surface area contributed by atoms with Gasteiger partial charge in [0.25, 0.3) is 0 Å². The molecular formula is C9H15NO. The topological polar surface area (TPSA) is 20.3 Å². The van der Waals surface area contributed by atoms with Gasteiger partial charge in [-0.15, -0.1) is 6.58 Å². The Morgan fingerprint density at radius 1 is 1.82 bits per heavy atom. The van der Waals surface area contributed by atoms with Gasteiger partial charge in [0.2, 0.25) is 5.91 Å². The molecule has 11 heavy (non-hydrogen) atoms. The van der Waals surface area contributed by atoms with Gasteiger partial charge in [-0.25, -0.2) is 0 Å². The third-order valence-electron chi connectivity index (χ3n) is 2.22. The van der Waals surface area contributed by atoms with Crippen LogP contribution >= 0.6 is 0 Å². The molecule has 0 radical (unpaired) electrons. The van der Waals surface area contributed by atoms with E-state index in [9.17, 15) is 4.79 Å². The molecule has 2 nitrogen and oxygen atoms in total. The summed E-state index contributed by atoms with van der Waals surface area (Å²) in [6.45, 7) is 4.57. The van der Waals surface area contributed by atoms with Gasteiger partial charge in [-0.05, 0) is 19.3 Å². The zero-order chi connectivity index (χ0) is 8.27. The van der Waals surface area contributed by atoms with Crippen molar-refractivity contribution in [1.29, 1.82) is 0 Å². The van der Waals surface area contributed by atoms with Crippen molar-refractivity contribution in [3.63, 3.8) is 0 Å². The van der Waals surface area contributed by atoms with E-state index in [1.54, 1.807) is 0 Å². The van der Waals surface area contributed by atoms with Crippen molar-refractivity contribution < 1.29 is 4.79 Å². The highest BCUT2D eigenvalue weighted by molar-refractivity contribution is 5.79. The SMILES string of the molecule is C=CCC1CCCN(C)C1=O. The number of amides is 1. The molecule has 0 bridgehead atoms. The lowest BCUT2D eigenvalue weighted by Crippen LogP contribution is -2.37. The molecule has 1 aliphatic heterocycles. The zero-order valence-electron chi connectivity index (χ0n) is 7.05. The Labute approximate surface area is 67.9 Å². The summed E-state index contributed by atoms with van der Waals surface area (Å²) < 4.78 is 0. The average Bonchev–Trinajstić information content (AvgIpc) is 1.99. The summed E-state index contributed by atoms with van der Waals surface area (Å²) in [6, 6.07) is 0. The van der Waals surface area contributed by atoms with Crippen LogP contribution in [-0.4, -0.2) is 24.4 Å². The maximum Gasteiger partial charge on any atom is 0.225 e. The van der Waals surface area contributed by atoms with Crippen LogP contribution in [0.1, 0.15) is 19.3 Å². The van der Waals surface area contributed by atoms with Gasteiger partial charge < -0.3 is 4.90 Å².